The summed E-state index contributed by atoms with van der Waals surface area (Å²) in [5.74, 6) is -0.774. The number of quaternary nitrogens is 1. The Bertz CT molecular complexity index is 1970. The van der Waals surface area contributed by atoms with E-state index in [9.17, 15) is 19.0 Å². The Morgan fingerprint density at radius 3 is 0.850 bits per heavy atom. The number of ether oxygens (including phenoxy) is 2. The monoisotopic (exact) mass is 1420 g/mol. The van der Waals surface area contributed by atoms with Crippen molar-refractivity contribution in [2.45, 2.75) is 431 Å². The van der Waals surface area contributed by atoms with Gasteiger partial charge in [-0.05, 0) is 89.9 Å². The van der Waals surface area contributed by atoms with Crippen LogP contribution in [0.25, 0.3) is 0 Å². The Balaban J connectivity index is 3.87. The number of phosphoric acid groups is 1. The molecule has 584 valence electrons. The molecule has 10 heteroatoms. The fourth-order valence-electron chi connectivity index (χ4n) is 12.8. The maximum atomic E-state index is 12.9. The molecule has 0 aromatic heterocycles. The number of likely N-dealkylation sites (N-methyl/N-ethyl adjacent to an activating group) is 1. The molecule has 100 heavy (non-hydrogen) atoms. The zero-order chi connectivity index (χ0) is 72.5. The van der Waals surface area contributed by atoms with E-state index in [0.717, 1.165) is 70.6 Å². The summed E-state index contributed by atoms with van der Waals surface area (Å²) in [5.41, 5.74) is 0. The largest absolute Gasteiger partial charge is 0.472 e. The third-order valence-electron chi connectivity index (χ3n) is 19.4. The fourth-order valence-corrected chi connectivity index (χ4v) is 13.6. The van der Waals surface area contributed by atoms with Crippen LogP contribution in [0.3, 0.4) is 0 Å². The third kappa shape index (κ3) is 84.1. The molecule has 0 heterocycles. The Labute approximate surface area is 621 Å². The number of phosphoric ester groups is 1. The van der Waals surface area contributed by atoms with Crippen LogP contribution in [-0.4, -0.2) is 74.9 Å². The zero-order valence-electron chi connectivity index (χ0n) is 66.9. The summed E-state index contributed by atoms with van der Waals surface area (Å²) in [6.07, 6.45) is 112. The van der Waals surface area contributed by atoms with Crippen LogP contribution < -0.4 is 0 Å². The maximum Gasteiger partial charge on any atom is 0.472 e. The molecule has 0 aliphatic rings. The van der Waals surface area contributed by atoms with Gasteiger partial charge in [0.05, 0.1) is 27.7 Å². The predicted octanol–water partition coefficient (Wildman–Crippen LogP) is 29.2. The molecular formula is C90H167NO8P+. The van der Waals surface area contributed by atoms with Gasteiger partial charge in [0.1, 0.15) is 19.8 Å². The topological polar surface area (TPSA) is 108 Å². The van der Waals surface area contributed by atoms with Crippen LogP contribution in [0.2, 0.25) is 0 Å². The van der Waals surface area contributed by atoms with Crippen molar-refractivity contribution in [3.05, 3.63) is 85.1 Å². The van der Waals surface area contributed by atoms with Crippen molar-refractivity contribution >= 4 is 19.8 Å². The van der Waals surface area contributed by atoms with Crippen LogP contribution in [0.4, 0.5) is 0 Å². The predicted molar refractivity (Wildman–Crippen MR) is 436 cm³/mol. The zero-order valence-corrected chi connectivity index (χ0v) is 67.8. The van der Waals surface area contributed by atoms with Gasteiger partial charge in [-0.15, -0.1) is 0 Å². The Morgan fingerprint density at radius 2 is 0.570 bits per heavy atom. The molecule has 0 aromatic rings. The number of esters is 2. The summed E-state index contributed by atoms with van der Waals surface area (Å²) in [5, 5.41) is 0. The van der Waals surface area contributed by atoms with Crippen LogP contribution in [0.1, 0.15) is 425 Å². The standard InChI is InChI=1S/C90H166NO8P/c1-6-8-10-12-14-16-18-20-22-24-26-28-30-32-34-36-38-40-42-43-44-45-46-47-49-50-52-54-56-58-60-62-64-66-68-70-72-74-76-78-80-82-89(92)96-86-88(87-98-100(94,95)97-85-84-91(3,4)5)99-90(93)83-81-79-77-75-73-71-69-67-65-63-61-59-57-55-53-51-48-41-39-37-35-33-31-29-27-25-23-21-19-17-15-13-11-9-7-2/h9,11,15,17-18,20-21,23-24,26-27,29-30,32,88H,6-8,10,12-14,16,19,22,25,28,31,33-87H2,1-5H3/p+1/b11-9-,17-15-,20-18-,23-21-,26-24-,29-27-,32-30-. The lowest BCUT2D eigenvalue weighted by molar-refractivity contribution is -0.870. The van der Waals surface area contributed by atoms with Crippen molar-refractivity contribution in [1.29, 1.82) is 0 Å². The van der Waals surface area contributed by atoms with Crippen molar-refractivity contribution < 1.29 is 42.1 Å². The van der Waals surface area contributed by atoms with E-state index >= 15 is 0 Å². The van der Waals surface area contributed by atoms with Crippen LogP contribution >= 0.6 is 7.82 Å². The highest BCUT2D eigenvalue weighted by Crippen LogP contribution is 2.43. The molecule has 1 N–H and O–H groups in total. The smallest absolute Gasteiger partial charge is 0.462 e. The summed E-state index contributed by atoms with van der Waals surface area (Å²) >= 11 is 0. The van der Waals surface area contributed by atoms with Gasteiger partial charge in [-0.2, -0.15) is 0 Å². The van der Waals surface area contributed by atoms with E-state index in [1.165, 1.54) is 321 Å². The lowest BCUT2D eigenvalue weighted by Gasteiger charge is -2.24. The van der Waals surface area contributed by atoms with E-state index in [2.05, 4.69) is 98.9 Å². The second kappa shape index (κ2) is 80.3. The van der Waals surface area contributed by atoms with Crippen molar-refractivity contribution in [2.75, 3.05) is 47.5 Å². The summed E-state index contributed by atoms with van der Waals surface area (Å²) in [7, 11) is 1.50. The molecular weight excluding hydrogens is 1250 g/mol. The number of rotatable bonds is 81. The number of hydrogen-bond acceptors (Lipinski definition) is 7. The highest BCUT2D eigenvalue weighted by molar-refractivity contribution is 7.47. The molecule has 0 saturated heterocycles. The quantitative estimate of drug-likeness (QED) is 0.0211. The number of allylic oxidation sites excluding steroid dienone is 14. The van der Waals surface area contributed by atoms with Gasteiger partial charge < -0.3 is 18.9 Å². The average molecular weight is 1420 g/mol. The molecule has 0 aliphatic heterocycles. The van der Waals surface area contributed by atoms with E-state index in [-0.39, 0.29) is 25.6 Å². The number of hydrogen-bond donors (Lipinski definition) is 1. The lowest BCUT2D eigenvalue weighted by atomic mass is 10.0. The molecule has 2 atom stereocenters. The Kier molecular flexibility index (Phi) is 78.0. The van der Waals surface area contributed by atoms with Crippen LogP contribution in [0, 0.1) is 0 Å². The van der Waals surface area contributed by atoms with Gasteiger partial charge in [-0.25, -0.2) is 4.57 Å². The lowest BCUT2D eigenvalue weighted by Crippen LogP contribution is -2.37. The molecule has 0 aliphatic carbocycles. The molecule has 0 rings (SSSR count). The molecule has 0 aromatic carbocycles. The van der Waals surface area contributed by atoms with Crippen molar-refractivity contribution in [3.63, 3.8) is 0 Å². The summed E-state index contributed by atoms with van der Waals surface area (Å²) in [4.78, 5) is 36.0. The van der Waals surface area contributed by atoms with Crippen LogP contribution in [-0.2, 0) is 32.7 Å². The van der Waals surface area contributed by atoms with Crippen molar-refractivity contribution in [2.24, 2.45) is 0 Å². The Hall–Kier alpha value is -2.81. The normalized spacial score (nSPS) is 13.4. The number of unbranched alkanes of at least 4 members (excludes halogenated alkanes) is 53. The van der Waals surface area contributed by atoms with Gasteiger partial charge in [-0.3, -0.25) is 18.6 Å². The first-order chi connectivity index (χ1) is 49.0. The molecule has 0 bridgehead atoms. The Morgan fingerprint density at radius 1 is 0.320 bits per heavy atom. The number of carbonyl (C=O) groups is 2. The van der Waals surface area contributed by atoms with Crippen LogP contribution in [0.5, 0.6) is 0 Å². The molecule has 0 saturated carbocycles. The highest BCUT2D eigenvalue weighted by atomic mass is 31.2. The van der Waals surface area contributed by atoms with Gasteiger partial charge in [0.25, 0.3) is 0 Å². The number of carbonyl (C=O) groups excluding carboxylic acids is 2. The van der Waals surface area contributed by atoms with E-state index in [1.807, 2.05) is 21.1 Å². The SMILES string of the molecule is CC/C=C\C/C=C\C/C=C\C/C=C\CCCCCCCCCCCCCCCCCCCCCCCCC(=O)OC(COC(=O)CCCCCCCCCCCCCCCCCCCCCCCCCCCC/C=C\C/C=C\C/C=C\CCCCCCC)COP(=O)(O)OCC[N+](C)(C)C. The maximum absolute atomic E-state index is 12.9. The van der Waals surface area contributed by atoms with E-state index in [0.29, 0.717) is 23.9 Å². The highest BCUT2D eigenvalue weighted by Gasteiger charge is 2.27. The number of nitrogens with zero attached hydrogens (tertiary/aromatic N) is 1. The van der Waals surface area contributed by atoms with Crippen LogP contribution in [0.15, 0.2) is 85.1 Å². The minimum absolute atomic E-state index is 0.0334. The molecule has 0 fully saturated rings. The molecule has 0 spiro atoms. The fraction of sp³-hybridized carbons (Fsp3) is 0.822. The first kappa shape index (κ1) is 97.2. The van der Waals surface area contributed by atoms with Gasteiger partial charge in [0, 0.05) is 12.8 Å². The summed E-state index contributed by atoms with van der Waals surface area (Å²) in [6.45, 7) is 4.38. The van der Waals surface area contributed by atoms with E-state index in [1.54, 1.807) is 0 Å². The van der Waals surface area contributed by atoms with E-state index < -0.39 is 26.5 Å². The molecule has 9 nitrogen and oxygen atoms in total. The van der Waals surface area contributed by atoms with Gasteiger partial charge in [0.2, 0.25) is 0 Å². The summed E-state index contributed by atoms with van der Waals surface area (Å²) in [6, 6.07) is 0. The second-order valence-corrected chi connectivity index (χ2v) is 32.0. The van der Waals surface area contributed by atoms with Gasteiger partial charge in [0.15, 0.2) is 6.10 Å². The van der Waals surface area contributed by atoms with Gasteiger partial charge in [-0.1, -0.05) is 407 Å². The minimum atomic E-state index is -4.40. The second-order valence-electron chi connectivity index (χ2n) is 30.5. The average Bonchev–Trinajstić information content (AvgIpc) is 1.65. The molecule has 0 radical (unpaired) electrons. The summed E-state index contributed by atoms with van der Waals surface area (Å²) < 4.78 is 34.9. The molecule has 2 unspecified atom stereocenters. The van der Waals surface area contributed by atoms with Gasteiger partial charge >= 0.3 is 19.8 Å². The van der Waals surface area contributed by atoms with E-state index in [4.69, 9.17) is 18.5 Å². The molecule has 0 amide bonds. The van der Waals surface area contributed by atoms with Crippen molar-refractivity contribution in [1.82, 2.24) is 0 Å². The first-order valence-corrected chi connectivity index (χ1v) is 44.8. The first-order valence-electron chi connectivity index (χ1n) is 43.3. The third-order valence-corrected chi connectivity index (χ3v) is 20.4. The minimum Gasteiger partial charge on any atom is -0.462 e. The van der Waals surface area contributed by atoms with Crippen molar-refractivity contribution in [3.8, 4) is 0 Å².